The minimum atomic E-state index is -4.37. The van der Waals surface area contributed by atoms with Crippen molar-refractivity contribution in [2.75, 3.05) is 5.32 Å². The van der Waals surface area contributed by atoms with Gasteiger partial charge in [0.2, 0.25) is 0 Å². The lowest BCUT2D eigenvalue weighted by Gasteiger charge is -2.20. The van der Waals surface area contributed by atoms with Crippen LogP contribution in [0.25, 0.3) is 0 Å². The lowest BCUT2D eigenvalue weighted by Crippen LogP contribution is -2.26. The lowest BCUT2D eigenvalue weighted by atomic mass is 10.0. The van der Waals surface area contributed by atoms with Gasteiger partial charge in [-0.15, -0.1) is 0 Å². The largest absolute Gasteiger partial charge is 0.416 e. The van der Waals surface area contributed by atoms with E-state index in [1.807, 2.05) is 6.92 Å². The number of nitrogens with one attached hydrogen (secondary N) is 2. The van der Waals surface area contributed by atoms with Crippen LogP contribution in [0.3, 0.4) is 0 Å². The van der Waals surface area contributed by atoms with Crippen LogP contribution in [-0.2, 0) is 12.6 Å². The molecule has 1 aromatic carbocycles. The molecule has 0 amide bonds. The van der Waals surface area contributed by atoms with E-state index in [4.69, 9.17) is 5.73 Å². The van der Waals surface area contributed by atoms with Crippen molar-refractivity contribution in [1.82, 2.24) is 9.97 Å². The zero-order valence-corrected chi connectivity index (χ0v) is 16.6. The second kappa shape index (κ2) is 8.57. The summed E-state index contributed by atoms with van der Waals surface area (Å²) in [6, 6.07) is 4.09. The Kier molecular flexibility index (Phi) is 6.31. The fourth-order valence-electron chi connectivity index (χ4n) is 3.90. The summed E-state index contributed by atoms with van der Waals surface area (Å²) in [6.07, 6.45) is 0.983. The SMILES string of the molecule is CC(N)c1c(NC(C)c2ccc(C(F)(F)F)cc2)nc(CC2CCCC2)[nH]c1=O. The monoisotopic (exact) mass is 408 g/mol. The number of benzene rings is 1. The molecule has 2 unspecified atom stereocenters. The van der Waals surface area contributed by atoms with Crippen molar-refractivity contribution in [3.63, 3.8) is 0 Å². The molecule has 158 valence electrons. The van der Waals surface area contributed by atoms with Crippen molar-refractivity contribution >= 4 is 5.82 Å². The highest BCUT2D eigenvalue weighted by atomic mass is 19.4. The summed E-state index contributed by atoms with van der Waals surface area (Å²) in [7, 11) is 0. The Morgan fingerprint density at radius 1 is 1.21 bits per heavy atom. The Morgan fingerprint density at radius 2 is 1.83 bits per heavy atom. The van der Waals surface area contributed by atoms with E-state index in [2.05, 4.69) is 15.3 Å². The average molecular weight is 408 g/mol. The third kappa shape index (κ3) is 5.18. The van der Waals surface area contributed by atoms with Crippen molar-refractivity contribution in [3.05, 3.63) is 57.1 Å². The fraction of sp³-hybridized carbons (Fsp3) is 0.524. The Morgan fingerprint density at radius 3 is 2.38 bits per heavy atom. The number of anilines is 1. The second-order valence-corrected chi connectivity index (χ2v) is 7.90. The first kappa shape index (κ1) is 21.4. The molecule has 2 aromatic rings. The number of aromatic amines is 1. The van der Waals surface area contributed by atoms with Gasteiger partial charge in [0.1, 0.15) is 11.6 Å². The van der Waals surface area contributed by atoms with Crippen LogP contribution in [0.1, 0.15) is 74.1 Å². The molecule has 8 heteroatoms. The van der Waals surface area contributed by atoms with E-state index in [9.17, 15) is 18.0 Å². The predicted molar refractivity (Wildman–Crippen MR) is 107 cm³/mol. The van der Waals surface area contributed by atoms with Crippen molar-refractivity contribution < 1.29 is 13.2 Å². The number of H-pyrrole nitrogens is 1. The molecule has 1 fully saturated rings. The molecule has 4 N–H and O–H groups in total. The minimum Gasteiger partial charge on any atom is -0.363 e. The van der Waals surface area contributed by atoms with Crippen LogP contribution in [0.4, 0.5) is 19.0 Å². The van der Waals surface area contributed by atoms with Gasteiger partial charge in [-0.25, -0.2) is 4.98 Å². The van der Waals surface area contributed by atoms with Gasteiger partial charge in [0.15, 0.2) is 0 Å². The van der Waals surface area contributed by atoms with Gasteiger partial charge < -0.3 is 16.0 Å². The van der Waals surface area contributed by atoms with E-state index in [0.717, 1.165) is 25.0 Å². The van der Waals surface area contributed by atoms with Crippen LogP contribution < -0.4 is 16.6 Å². The van der Waals surface area contributed by atoms with Crippen LogP contribution in [0.5, 0.6) is 0 Å². The lowest BCUT2D eigenvalue weighted by molar-refractivity contribution is -0.137. The van der Waals surface area contributed by atoms with Gasteiger partial charge in [-0.2, -0.15) is 13.2 Å². The molecular weight excluding hydrogens is 381 g/mol. The Balaban J connectivity index is 1.85. The average Bonchev–Trinajstić information content (AvgIpc) is 3.13. The molecule has 29 heavy (non-hydrogen) atoms. The molecular formula is C21H27F3N4O. The van der Waals surface area contributed by atoms with E-state index in [-0.39, 0.29) is 11.6 Å². The van der Waals surface area contributed by atoms with Gasteiger partial charge in [-0.1, -0.05) is 37.8 Å². The summed E-state index contributed by atoms with van der Waals surface area (Å²) in [6.45, 7) is 3.52. The van der Waals surface area contributed by atoms with E-state index >= 15 is 0 Å². The Bertz CT molecular complexity index is 884. The highest BCUT2D eigenvalue weighted by molar-refractivity contribution is 5.47. The summed E-state index contributed by atoms with van der Waals surface area (Å²) in [5.74, 6) is 1.53. The van der Waals surface area contributed by atoms with Crippen molar-refractivity contribution in [2.45, 2.75) is 64.2 Å². The van der Waals surface area contributed by atoms with Crippen molar-refractivity contribution in [2.24, 2.45) is 11.7 Å². The van der Waals surface area contributed by atoms with E-state index in [0.29, 0.717) is 35.1 Å². The summed E-state index contributed by atoms with van der Waals surface area (Å²) >= 11 is 0. The highest BCUT2D eigenvalue weighted by Crippen LogP contribution is 2.31. The minimum absolute atomic E-state index is 0.273. The van der Waals surface area contributed by atoms with E-state index in [1.165, 1.54) is 25.0 Å². The normalized spacial score (nSPS) is 17.3. The van der Waals surface area contributed by atoms with E-state index < -0.39 is 17.8 Å². The molecule has 0 aliphatic heterocycles. The Hall–Kier alpha value is -2.35. The standard InChI is InChI=1S/C21H27F3N4O/c1-12(25)18-19(27-17(28-20(18)29)11-14-5-3-4-6-14)26-13(2)15-7-9-16(10-8-15)21(22,23)24/h7-10,12-14H,3-6,11,25H2,1-2H3,(H2,26,27,28,29). The van der Waals surface area contributed by atoms with Crippen LogP contribution in [0.15, 0.2) is 29.1 Å². The first-order valence-electron chi connectivity index (χ1n) is 9.97. The van der Waals surface area contributed by atoms with Gasteiger partial charge in [0.25, 0.3) is 5.56 Å². The zero-order valence-electron chi connectivity index (χ0n) is 16.6. The van der Waals surface area contributed by atoms with Gasteiger partial charge in [0.05, 0.1) is 11.1 Å². The number of halogens is 3. The van der Waals surface area contributed by atoms with Gasteiger partial charge in [-0.05, 0) is 37.5 Å². The number of rotatable bonds is 6. The highest BCUT2D eigenvalue weighted by Gasteiger charge is 2.30. The second-order valence-electron chi connectivity index (χ2n) is 7.90. The molecule has 1 aromatic heterocycles. The quantitative estimate of drug-likeness (QED) is 0.646. The first-order chi connectivity index (χ1) is 13.6. The van der Waals surface area contributed by atoms with Crippen LogP contribution in [0, 0.1) is 5.92 Å². The maximum Gasteiger partial charge on any atom is 0.416 e. The summed E-state index contributed by atoms with van der Waals surface area (Å²) in [4.78, 5) is 20.1. The molecule has 1 aliphatic carbocycles. The smallest absolute Gasteiger partial charge is 0.363 e. The van der Waals surface area contributed by atoms with Crippen LogP contribution in [-0.4, -0.2) is 9.97 Å². The third-order valence-corrected chi connectivity index (χ3v) is 5.51. The molecule has 1 aliphatic rings. The number of aromatic nitrogens is 2. The number of nitrogens with zero attached hydrogens (tertiary/aromatic N) is 1. The topological polar surface area (TPSA) is 83.8 Å². The van der Waals surface area contributed by atoms with Crippen molar-refractivity contribution in [1.29, 1.82) is 0 Å². The molecule has 1 heterocycles. The predicted octanol–water partition coefficient (Wildman–Crippen LogP) is 4.71. The van der Waals surface area contributed by atoms with E-state index in [1.54, 1.807) is 6.92 Å². The first-order valence-corrected chi connectivity index (χ1v) is 9.97. The summed E-state index contributed by atoms with van der Waals surface area (Å²) in [5.41, 5.74) is 6.02. The number of hydrogen-bond acceptors (Lipinski definition) is 4. The summed E-state index contributed by atoms with van der Waals surface area (Å²) in [5, 5.41) is 3.18. The third-order valence-electron chi connectivity index (χ3n) is 5.51. The molecule has 1 saturated carbocycles. The molecule has 0 radical (unpaired) electrons. The van der Waals surface area contributed by atoms with Gasteiger partial charge in [-0.3, -0.25) is 4.79 Å². The molecule has 3 rings (SSSR count). The zero-order chi connectivity index (χ0) is 21.2. The molecule has 0 bridgehead atoms. The van der Waals surface area contributed by atoms with Gasteiger partial charge in [0, 0.05) is 18.5 Å². The van der Waals surface area contributed by atoms with Crippen LogP contribution in [0.2, 0.25) is 0 Å². The molecule has 2 atom stereocenters. The number of alkyl halides is 3. The van der Waals surface area contributed by atoms with Crippen LogP contribution >= 0.6 is 0 Å². The molecule has 0 saturated heterocycles. The molecule has 0 spiro atoms. The maximum absolute atomic E-state index is 12.8. The Labute approximate surface area is 167 Å². The van der Waals surface area contributed by atoms with Crippen molar-refractivity contribution in [3.8, 4) is 0 Å². The summed E-state index contributed by atoms with van der Waals surface area (Å²) < 4.78 is 38.4. The molecule has 5 nitrogen and oxygen atoms in total. The van der Waals surface area contributed by atoms with Gasteiger partial charge >= 0.3 is 6.18 Å². The maximum atomic E-state index is 12.8. The number of hydrogen-bond donors (Lipinski definition) is 3. The fourth-order valence-corrected chi connectivity index (χ4v) is 3.90. The number of nitrogens with two attached hydrogens (primary N) is 1.